The van der Waals surface area contributed by atoms with Gasteiger partial charge in [0, 0.05) is 36.9 Å². The maximum atomic E-state index is 13.4. The lowest BCUT2D eigenvalue weighted by atomic mass is 9.75. The Balaban J connectivity index is 1.33. The summed E-state index contributed by atoms with van der Waals surface area (Å²) < 4.78 is 3.28. The molecule has 0 radical (unpaired) electrons. The molecule has 0 fully saturated rings. The SMILES string of the molecule is C=CCn1c(=O)c2cnc(Nc3cc4c5c(c3)CN(C)CC5C(N)CC4)nc2n1-c1ccc2c(n1)C(O)(CC)CC2. The number of nitrogens with one attached hydrogen (secondary N) is 1. The molecule has 0 saturated carbocycles. The molecule has 4 heterocycles. The predicted molar refractivity (Wildman–Crippen MR) is 159 cm³/mol. The fraction of sp³-hybridized carbons (Fsp3) is 0.419. The van der Waals surface area contributed by atoms with Crippen molar-refractivity contribution in [3.05, 3.63) is 81.4 Å². The minimum Gasteiger partial charge on any atom is -0.384 e. The van der Waals surface area contributed by atoms with Gasteiger partial charge in [-0.3, -0.25) is 4.79 Å². The molecule has 2 aliphatic carbocycles. The summed E-state index contributed by atoms with van der Waals surface area (Å²) in [7, 11) is 2.14. The second-order valence-corrected chi connectivity index (χ2v) is 11.8. The van der Waals surface area contributed by atoms with Crippen LogP contribution in [0.1, 0.15) is 60.1 Å². The zero-order valence-electron chi connectivity index (χ0n) is 23.6. The number of rotatable bonds is 6. The molecular formula is C31H36N8O2. The van der Waals surface area contributed by atoms with Gasteiger partial charge in [-0.1, -0.05) is 19.1 Å². The molecule has 10 nitrogen and oxygen atoms in total. The van der Waals surface area contributed by atoms with Crippen LogP contribution in [0.5, 0.6) is 0 Å². The van der Waals surface area contributed by atoms with Gasteiger partial charge in [-0.05, 0) is 79.6 Å². The third-order valence-corrected chi connectivity index (χ3v) is 9.18. The van der Waals surface area contributed by atoms with E-state index in [1.807, 2.05) is 19.1 Å². The smallest absolute Gasteiger partial charge is 0.278 e. The van der Waals surface area contributed by atoms with Crippen molar-refractivity contribution >= 4 is 22.7 Å². The Bertz CT molecular complexity index is 1760. The van der Waals surface area contributed by atoms with Crippen LogP contribution >= 0.6 is 0 Å². The second-order valence-electron chi connectivity index (χ2n) is 11.8. The van der Waals surface area contributed by atoms with Gasteiger partial charge in [0.2, 0.25) is 5.95 Å². The minimum atomic E-state index is -0.969. The molecule has 0 saturated heterocycles. The first-order valence-electron chi connectivity index (χ1n) is 14.5. The summed E-state index contributed by atoms with van der Waals surface area (Å²) in [5.74, 6) is 1.28. The lowest BCUT2D eigenvalue weighted by Gasteiger charge is -2.40. The van der Waals surface area contributed by atoms with Crippen molar-refractivity contribution in [2.24, 2.45) is 5.73 Å². The van der Waals surface area contributed by atoms with Crippen LogP contribution in [0, 0.1) is 0 Å². The lowest BCUT2D eigenvalue weighted by molar-refractivity contribution is 0.0306. The summed E-state index contributed by atoms with van der Waals surface area (Å²) >= 11 is 0. The molecule has 0 amide bonds. The quantitative estimate of drug-likeness (QED) is 0.311. The van der Waals surface area contributed by atoms with Crippen LogP contribution in [0.3, 0.4) is 0 Å². The summed E-state index contributed by atoms with van der Waals surface area (Å²) in [5.41, 5.74) is 12.5. The van der Waals surface area contributed by atoms with E-state index < -0.39 is 5.60 Å². The fourth-order valence-electron chi connectivity index (χ4n) is 7.06. The van der Waals surface area contributed by atoms with Gasteiger partial charge in [0.05, 0.1) is 12.2 Å². The van der Waals surface area contributed by atoms with Gasteiger partial charge in [0.15, 0.2) is 11.5 Å². The van der Waals surface area contributed by atoms with Gasteiger partial charge in [-0.25, -0.2) is 19.3 Å². The van der Waals surface area contributed by atoms with Crippen molar-refractivity contribution in [1.29, 1.82) is 0 Å². The highest BCUT2D eigenvalue weighted by molar-refractivity contribution is 5.77. The third kappa shape index (κ3) is 4.12. The van der Waals surface area contributed by atoms with Crippen molar-refractivity contribution in [3.63, 3.8) is 0 Å². The van der Waals surface area contributed by atoms with E-state index in [1.165, 1.54) is 16.7 Å². The molecule has 10 heteroatoms. The summed E-state index contributed by atoms with van der Waals surface area (Å²) in [4.78, 5) is 30.0. The number of aromatic nitrogens is 5. The number of hydrogen-bond acceptors (Lipinski definition) is 8. The van der Waals surface area contributed by atoms with E-state index in [9.17, 15) is 9.90 Å². The predicted octanol–water partition coefficient (Wildman–Crippen LogP) is 3.25. The van der Waals surface area contributed by atoms with Crippen LogP contribution in [0.25, 0.3) is 16.9 Å². The third-order valence-electron chi connectivity index (χ3n) is 9.18. The molecule has 41 heavy (non-hydrogen) atoms. The first-order chi connectivity index (χ1) is 19.8. The molecule has 1 aromatic carbocycles. The van der Waals surface area contributed by atoms with Crippen molar-refractivity contribution in [2.45, 2.75) is 69.7 Å². The maximum Gasteiger partial charge on any atom is 0.278 e. The Morgan fingerprint density at radius 1 is 1.22 bits per heavy atom. The van der Waals surface area contributed by atoms with Gasteiger partial charge < -0.3 is 21.1 Å². The first-order valence-corrected chi connectivity index (χ1v) is 14.5. The van der Waals surface area contributed by atoms with E-state index in [0.717, 1.165) is 43.6 Å². The summed E-state index contributed by atoms with van der Waals surface area (Å²) in [6, 6.07) is 8.44. The van der Waals surface area contributed by atoms with Gasteiger partial charge >= 0.3 is 0 Å². The molecule has 1 aliphatic heterocycles. The van der Waals surface area contributed by atoms with Crippen molar-refractivity contribution < 1.29 is 5.11 Å². The molecule has 0 bridgehead atoms. The number of nitrogens with zero attached hydrogens (tertiary/aromatic N) is 6. The van der Waals surface area contributed by atoms with Crippen molar-refractivity contribution in [1.82, 2.24) is 29.2 Å². The number of aliphatic hydroxyl groups is 1. The molecule has 3 atom stereocenters. The van der Waals surface area contributed by atoms with Crippen LogP contribution in [0.15, 0.2) is 47.9 Å². The Morgan fingerprint density at radius 3 is 2.85 bits per heavy atom. The standard InChI is InChI=1S/C31H36N8O2/c1-4-12-38-29(40)22-15-33-30(34-21-13-19-6-8-24(32)23-17-37(3)16-20(14-21)26(19)23)36-28(22)39(38)25-9-7-18-10-11-31(41,5-2)27(18)35-25/h4,7,9,13-15,23-24,41H,1,5-6,8,10-12,16-17,32H2,2-3H3,(H,33,34,36). The summed E-state index contributed by atoms with van der Waals surface area (Å²) in [5, 5.41) is 15.0. The number of benzene rings is 1. The number of likely N-dealkylation sites (N-methyl/N-ethyl adjacent to an activating group) is 1. The van der Waals surface area contributed by atoms with E-state index >= 15 is 0 Å². The first kappa shape index (κ1) is 26.1. The average Bonchev–Trinajstić information content (AvgIpc) is 3.44. The Labute approximate surface area is 238 Å². The molecule has 3 unspecified atom stereocenters. The molecule has 3 aromatic heterocycles. The zero-order valence-corrected chi connectivity index (χ0v) is 23.6. The monoisotopic (exact) mass is 552 g/mol. The Hall–Kier alpha value is -3.86. The van der Waals surface area contributed by atoms with Crippen LogP contribution in [0.2, 0.25) is 0 Å². The molecule has 7 rings (SSSR count). The molecule has 4 aromatic rings. The van der Waals surface area contributed by atoms with Gasteiger partial charge in [0.25, 0.3) is 5.56 Å². The number of hydrogen-bond donors (Lipinski definition) is 3. The minimum absolute atomic E-state index is 0.186. The normalized spacial score (nSPS) is 23.4. The lowest BCUT2D eigenvalue weighted by Crippen LogP contribution is -2.43. The van der Waals surface area contributed by atoms with E-state index in [1.54, 1.807) is 21.6 Å². The average molecular weight is 553 g/mol. The van der Waals surface area contributed by atoms with Gasteiger partial charge in [-0.2, -0.15) is 4.98 Å². The molecule has 4 N–H and O–H groups in total. The number of pyridine rings is 1. The number of aryl methyl sites for hydroxylation is 2. The van der Waals surface area contributed by atoms with Crippen LogP contribution in [-0.2, 0) is 31.5 Å². The van der Waals surface area contributed by atoms with Gasteiger partial charge in [-0.15, -0.1) is 6.58 Å². The highest BCUT2D eigenvalue weighted by Crippen LogP contribution is 2.40. The van der Waals surface area contributed by atoms with E-state index in [4.69, 9.17) is 15.7 Å². The van der Waals surface area contributed by atoms with Gasteiger partial charge in [0.1, 0.15) is 11.0 Å². The number of allylic oxidation sites excluding steroid dienone is 1. The fourth-order valence-corrected chi connectivity index (χ4v) is 7.06. The Kier molecular flexibility index (Phi) is 6.11. The maximum absolute atomic E-state index is 13.4. The summed E-state index contributed by atoms with van der Waals surface area (Å²) in [6.45, 7) is 7.95. The highest BCUT2D eigenvalue weighted by Gasteiger charge is 2.37. The highest BCUT2D eigenvalue weighted by atomic mass is 16.3. The molecule has 3 aliphatic rings. The summed E-state index contributed by atoms with van der Waals surface area (Å²) in [6.07, 6.45) is 7.17. The molecular weight excluding hydrogens is 516 g/mol. The van der Waals surface area contributed by atoms with Crippen LogP contribution in [-0.4, -0.2) is 54.0 Å². The number of anilines is 2. The Morgan fingerprint density at radius 2 is 2.05 bits per heavy atom. The molecule has 0 spiro atoms. The zero-order chi connectivity index (χ0) is 28.5. The van der Waals surface area contributed by atoms with E-state index in [0.29, 0.717) is 47.3 Å². The van der Waals surface area contributed by atoms with E-state index in [2.05, 4.69) is 41.0 Å². The largest absolute Gasteiger partial charge is 0.384 e. The number of fused-ring (bicyclic) bond motifs is 2. The van der Waals surface area contributed by atoms with E-state index in [-0.39, 0.29) is 18.1 Å². The van der Waals surface area contributed by atoms with Crippen molar-refractivity contribution in [2.75, 3.05) is 18.9 Å². The second kappa shape index (κ2) is 9.61. The molecule has 212 valence electrons. The van der Waals surface area contributed by atoms with Crippen LogP contribution in [0.4, 0.5) is 11.6 Å². The topological polar surface area (TPSA) is 127 Å². The van der Waals surface area contributed by atoms with Crippen LogP contribution < -0.4 is 16.6 Å². The van der Waals surface area contributed by atoms with Crippen molar-refractivity contribution in [3.8, 4) is 5.82 Å². The number of nitrogens with two attached hydrogens (primary N) is 1.